The van der Waals surface area contributed by atoms with E-state index < -0.39 is 11.2 Å². The van der Waals surface area contributed by atoms with Gasteiger partial charge in [0.25, 0.3) is 0 Å². The number of aliphatic hydroxyl groups is 1. The van der Waals surface area contributed by atoms with Crippen LogP contribution in [0.25, 0.3) is 0 Å². The maximum absolute atomic E-state index is 9.62. The Morgan fingerprint density at radius 1 is 0.947 bits per heavy atom. The first kappa shape index (κ1) is 12.4. The molecule has 0 spiro atoms. The topological polar surface area (TPSA) is 32.8 Å². The summed E-state index contributed by atoms with van der Waals surface area (Å²) in [6, 6.07) is 20.5. The fourth-order valence-corrected chi connectivity index (χ4v) is 2.80. The Kier molecular flexibility index (Phi) is 2.92. The molecule has 0 unspecified atom stereocenters. The molecule has 0 amide bonds. The second-order valence-corrected chi connectivity index (χ2v) is 5.35. The van der Waals surface area contributed by atoms with Crippen LogP contribution in [0.4, 0.5) is 0 Å². The zero-order valence-corrected chi connectivity index (χ0v) is 11.0. The van der Waals surface area contributed by atoms with Gasteiger partial charge in [-0.15, -0.1) is 0 Å². The molecule has 1 saturated heterocycles. The molecule has 98 valence electrons. The van der Waals surface area contributed by atoms with Crippen molar-refractivity contribution in [2.45, 2.75) is 24.5 Å². The van der Waals surface area contributed by atoms with Gasteiger partial charge in [0.15, 0.2) is 0 Å². The number of hydrogen-bond donors (Lipinski definition) is 1. The van der Waals surface area contributed by atoms with Crippen LogP contribution in [-0.4, -0.2) is 17.3 Å². The van der Waals surface area contributed by atoms with Crippen molar-refractivity contribution >= 4 is 0 Å². The molecule has 0 bridgehead atoms. The van der Waals surface area contributed by atoms with Gasteiger partial charge in [-0.2, -0.15) is 0 Å². The van der Waals surface area contributed by atoms with Crippen LogP contribution in [0.3, 0.4) is 0 Å². The highest BCUT2D eigenvalue weighted by molar-refractivity contribution is 5.36. The minimum absolute atomic E-state index is 0.0364. The van der Waals surface area contributed by atoms with E-state index in [-0.39, 0.29) is 6.61 Å². The summed E-state index contributed by atoms with van der Waals surface area (Å²) in [5, 5.41) is 9.62. The molecule has 2 aromatic carbocycles. The van der Waals surface area contributed by atoms with Crippen LogP contribution < -0.4 is 0 Å². The number of aliphatic hydroxyl groups excluding tert-OH is 1. The summed E-state index contributed by atoms with van der Waals surface area (Å²) in [6.45, 7) is 2.01. The molecule has 1 aliphatic rings. The van der Waals surface area contributed by atoms with Gasteiger partial charge in [-0.25, -0.2) is 0 Å². The normalized spacial score (nSPS) is 29.2. The van der Waals surface area contributed by atoms with E-state index in [0.29, 0.717) is 0 Å². The third-order valence-electron chi connectivity index (χ3n) is 4.05. The summed E-state index contributed by atoms with van der Waals surface area (Å²) in [5.41, 5.74) is 1.48. The van der Waals surface area contributed by atoms with Crippen LogP contribution in [0.1, 0.15) is 18.1 Å². The summed E-state index contributed by atoms with van der Waals surface area (Å²) in [7, 11) is 0. The van der Waals surface area contributed by atoms with E-state index in [1.54, 1.807) is 0 Å². The van der Waals surface area contributed by atoms with E-state index in [1.807, 2.05) is 43.3 Å². The largest absolute Gasteiger partial charge is 0.393 e. The Morgan fingerprint density at radius 2 is 1.53 bits per heavy atom. The molecule has 2 heteroatoms. The molecule has 19 heavy (non-hydrogen) atoms. The van der Waals surface area contributed by atoms with Gasteiger partial charge >= 0.3 is 0 Å². The van der Waals surface area contributed by atoms with Crippen LogP contribution in [0.2, 0.25) is 0 Å². The minimum Gasteiger partial charge on any atom is -0.393 e. The summed E-state index contributed by atoms with van der Waals surface area (Å²) in [6.07, 6.45) is 0.787. The molecule has 1 aliphatic heterocycles. The number of rotatable bonds is 4. The minimum atomic E-state index is -0.482. The van der Waals surface area contributed by atoms with Crippen LogP contribution >= 0.6 is 0 Å². The van der Waals surface area contributed by atoms with Crippen molar-refractivity contribution in [3.63, 3.8) is 0 Å². The average molecular weight is 254 g/mol. The molecule has 0 aliphatic carbocycles. The lowest BCUT2D eigenvalue weighted by Crippen LogP contribution is -2.27. The number of epoxide rings is 1. The molecule has 1 fully saturated rings. The Morgan fingerprint density at radius 3 is 2.05 bits per heavy atom. The highest BCUT2D eigenvalue weighted by atomic mass is 16.6. The lowest BCUT2D eigenvalue weighted by Gasteiger charge is -2.17. The third kappa shape index (κ3) is 1.97. The van der Waals surface area contributed by atoms with Gasteiger partial charge < -0.3 is 9.84 Å². The van der Waals surface area contributed by atoms with Crippen molar-refractivity contribution in [2.24, 2.45) is 0 Å². The Balaban J connectivity index is 1.97. The molecule has 2 aromatic rings. The first-order valence-corrected chi connectivity index (χ1v) is 6.61. The quantitative estimate of drug-likeness (QED) is 0.851. The number of benzene rings is 2. The maximum atomic E-state index is 9.62. The molecular weight excluding hydrogens is 236 g/mol. The summed E-state index contributed by atoms with van der Waals surface area (Å²) < 4.78 is 5.98. The van der Waals surface area contributed by atoms with E-state index in [1.165, 1.54) is 5.56 Å². The molecule has 2 nitrogen and oxygen atoms in total. The van der Waals surface area contributed by atoms with Crippen LogP contribution in [0.15, 0.2) is 60.7 Å². The summed E-state index contributed by atoms with van der Waals surface area (Å²) in [4.78, 5) is 0. The van der Waals surface area contributed by atoms with Crippen LogP contribution in [-0.2, 0) is 16.8 Å². The second-order valence-electron chi connectivity index (χ2n) is 5.35. The molecule has 2 atom stereocenters. The Labute approximate surface area is 113 Å². The van der Waals surface area contributed by atoms with Gasteiger partial charge in [0.1, 0.15) is 11.2 Å². The predicted molar refractivity (Wildman–Crippen MR) is 74.8 cm³/mol. The Bertz CT molecular complexity index is 552. The van der Waals surface area contributed by atoms with E-state index >= 15 is 0 Å². The van der Waals surface area contributed by atoms with Crippen molar-refractivity contribution in [3.05, 3.63) is 71.8 Å². The lowest BCUT2D eigenvalue weighted by molar-refractivity contribution is 0.182. The van der Waals surface area contributed by atoms with E-state index in [4.69, 9.17) is 4.74 Å². The maximum Gasteiger partial charge on any atom is 0.129 e. The zero-order valence-electron chi connectivity index (χ0n) is 11.0. The third-order valence-corrected chi connectivity index (χ3v) is 4.05. The number of hydrogen-bond acceptors (Lipinski definition) is 2. The Hall–Kier alpha value is -1.64. The second kappa shape index (κ2) is 4.48. The fourth-order valence-electron chi connectivity index (χ4n) is 2.80. The first-order chi connectivity index (χ1) is 9.20. The zero-order chi connectivity index (χ0) is 13.3. The smallest absolute Gasteiger partial charge is 0.129 e. The van der Waals surface area contributed by atoms with Crippen LogP contribution in [0.5, 0.6) is 0 Å². The monoisotopic (exact) mass is 254 g/mol. The first-order valence-electron chi connectivity index (χ1n) is 6.61. The molecule has 0 aromatic heterocycles. The van der Waals surface area contributed by atoms with Crippen molar-refractivity contribution in [3.8, 4) is 0 Å². The van der Waals surface area contributed by atoms with Gasteiger partial charge in [0, 0.05) is 6.42 Å². The van der Waals surface area contributed by atoms with Gasteiger partial charge in [-0.3, -0.25) is 0 Å². The SMILES string of the molecule is C[C@@]1(CO)O[C@@]1(Cc1ccccc1)c1ccccc1. The van der Waals surface area contributed by atoms with E-state index in [0.717, 1.165) is 12.0 Å². The molecule has 0 radical (unpaired) electrons. The average Bonchev–Trinajstić information content (AvgIpc) is 3.08. The van der Waals surface area contributed by atoms with Gasteiger partial charge in [-0.05, 0) is 18.1 Å². The van der Waals surface area contributed by atoms with Crippen molar-refractivity contribution in [1.82, 2.24) is 0 Å². The van der Waals surface area contributed by atoms with Crippen LogP contribution in [0, 0.1) is 0 Å². The predicted octanol–water partition coefficient (Wildman–Crippen LogP) is 2.91. The molecular formula is C17H18O2. The van der Waals surface area contributed by atoms with Gasteiger partial charge in [-0.1, -0.05) is 60.7 Å². The van der Waals surface area contributed by atoms with Crippen molar-refractivity contribution < 1.29 is 9.84 Å². The summed E-state index contributed by atoms with van der Waals surface area (Å²) in [5.74, 6) is 0. The van der Waals surface area contributed by atoms with E-state index in [9.17, 15) is 5.11 Å². The van der Waals surface area contributed by atoms with Crippen molar-refractivity contribution in [1.29, 1.82) is 0 Å². The molecule has 1 heterocycles. The van der Waals surface area contributed by atoms with E-state index in [2.05, 4.69) is 24.3 Å². The fraction of sp³-hybridized carbons (Fsp3) is 0.294. The van der Waals surface area contributed by atoms with Crippen molar-refractivity contribution in [2.75, 3.05) is 6.61 Å². The summed E-state index contributed by atoms with van der Waals surface area (Å²) >= 11 is 0. The molecule has 0 saturated carbocycles. The number of ether oxygens (including phenoxy) is 1. The lowest BCUT2D eigenvalue weighted by atomic mass is 9.83. The van der Waals surface area contributed by atoms with Gasteiger partial charge in [0.05, 0.1) is 6.61 Å². The molecule has 1 N–H and O–H groups in total. The van der Waals surface area contributed by atoms with Gasteiger partial charge in [0.2, 0.25) is 0 Å². The highest BCUT2D eigenvalue weighted by Crippen LogP contribution is 2.57. The highest BCUT2D eigenvalue weighted by Gasteiger charge is 2.67. The standard InChI is InChI=1S/C17H18O2/c1-16(13-18)17(19-16,15-10-6-3-7-11-15)12-14-8-4-2-5-9-14/h2-11,18H,12-13H2,1H3/t16-,17-/m0/s1. The molecule has 3 rings (SSSR count).